The smallest absolute Gasteiger partial charge is 0.305 e. The first-order chi connectivity index (χ1) is 12.7. The maximum absolute atomic E-state index is 11.3. The van der Waals surface area contributed by atoms with Crippen LogP contribution in [-0.4, -0.2) is 46.4 Å². The van der Waals surface area contributed by atoms with Crippen molar-refractivity contribution in [3.05, 3.63) is 30.7 Å². The fourth-order valence-corrected chi connectivity index (χ4v) is 2.47. The van der Waals surface area contributed by atoms with Gasteiger partial charge in [-0.15, -0.1) is 10.2 Å². The van der Waals surface area contributed by atoms with Gasteiger partial charge in [-0.05, 0) is 25.8 Å². The van der Waals surface area contributed by atoms with E-state index in [1.807, 2.05) is 17.9 Å². The van der Waals surface area contributed by atoms with Crippen LogP contribution in [-0.2, 0) is 9.53 Å². The molecular formula is C18H25N5O3. The number of unbranched alkanes of at least 4 members (excludes halogenated alkanes) is 3. The van der Waals surface area contributed by atoms with E-state index in [4.69, 9.17) is 9.47 Å². The lowest BCUT2D eigenvalue weighted by Crippen LogP contribution is -2.21. The highest BCUT2D eigenvalue weighted by molar-refractivity contribution is 5.69. The Balaban J connectivity index is 1.88. The van der Waals surface area contributed by atoms with E-state index in [0.717, 1.165) is 38.0 Å². The van der Waals surface area contributed by atoms with Crippen LogP contribution in [0.5, 0.6) is 5.88 Å². The van der Waals surface area contributed by atoms with Gasteiger partial charge in [0.2, 0.25) is 5.88 Å². The highest BCUT2D eigenvalue weighted by Gasteiger charge is 2.13. The van der Waals surface area contributed by atoms with Crippen LogP contribution in [0, 0.1) is 0 Å². The average molecular weight is 359 g/mol. The van der Waals surface area contributed by atoms with Gasteiger partial charge in [-0.3, -0.25) is 9.78 Å². The molecule has 0 spiro atoms. The Bertz CT molecular complexity index is 652. The Hall–Kier alpha value is -2.77. The summed E-state index contributed by atoms with van der Waals surface area (Å²) in [4.78, 5) is 21.8. The maximum atomic E-state index is 11.3. The Morgan fingerprint density at radius 1 is 1.08 bits per heavy atom. The normalized spacial score (nSPS) is 10.4. The maximum Gasteiger partial charge on any atom is 0.305 e. The number of hydrogen-bond acceptors (Lipinski definition) is 8. The minimum Gasteiger partial charge on any atom is -0.480 e. The monoisotopic (exact) mass is 359 g/mol. The number of aromatic nitrogens is 4. The van der Waals surface area contributed by atoms with Gasteiger partial charge in [0.1, 0.15) is 0 Å². The second kappa shape index (κ2) is 11.0. The van der Waals surface area contributed by atoms with Gasteiger partial charge < -0.3 is 14.4 Å². The Morgan fingerprint density at radius 2 is 1.92 bits per heavy atom. The van der Waals surface area contributed by atoms with Crippen molar-refractivity contribution in [2.75, 3.05) is 25.2 Å². The number of methoxy groups -OCH3 is 1. The molecule has 0 aromatic carbocycles. The van der Waals surface area contributed by atoms with Crippen LogP contribution in [0.2, 0.25) is 0 Å². The molecule has 8 nitrogen and oxygen atoms in total. The highest BCUT2D eigenvalue weighted by Crippen LogP contribution is 2.22. The van der Waals surface area contributed by atoms with E-state index in [-0.39, 0.29) is 5.97 Å². The van der Waals surface area contributed by atoms with Gasteiger partial charge in [0.05, 0.1) is 19.9 Å². The summed E-state index contributed by atoms with van der Waals surface area (Å²) in [5.74, 6) is 1.75. The van der Waals surface area contributed by atoms with Crippen LogP contribution >= 0.6 is 0 Å². The van der Waals surface area contributed by atoms with Gasteiger partial charge in [-0.2, -0.15) is 0 Å². The van der Waals surface area contributed by atoms with Crippen molar-refractivity contribution in [1.82, 2.24) is 20.2 Å². The van der Waals surface area contributed by atoms with Crippen molar-refractivity contribution in [2.24, 2.45) is 0 Å². The summed E-state index contributed by atoms with van der Waals surface area (Å²) in [6.07, 6.45) is 9.22. The molecule has 26 heavy (non-hydrogen) atoms. The third kappa shape index (κ3) is 6.27. The molecular weight excluding hydrogens is 334 g/mol. The summed E-state index contributed by atoms with van der Waals surface area (Å²) in [5, 5.41) is 8.23. The Labute approximate surface area is 153 Å². The van der Waals surface area contributed by atoms with Crippen molar-refractivity contribution < 1.29 is 14.3 Å². The molecule has 8 heteroatoms. The van der Waals surface area contributed by atoms with Crippen molar-refractivity contribution >= 4 is 17.6 Å². The number of ether oxygens (including phenoxy) is 2. The number of carbonyl (C=O) groups is 1. The van der Waals surface area contributed by atoms with Crippen molar-refractivity contribution in [2.45, 2.75) is 39.0 Å². The van der Waals surface area contributed by atoms with Crippen LogP contribution in [0.4, 0.5) is 11.6 Å². The lowest BCUT2D eigenvalue weighted by molar-refractivity contribution is -0.143. The SMILES string of the molecule is CCOC(=O)CCCCCCN(c1cnccn1)c1ccc(OC)nn1. The predicted molar refractivity (Wildman–Crippen MR) is 97.3 cm³/mol. The number of hydrogen-bond donors (Lipinski definition) is 0. The van der Waals surface area contributed by atoms with Gasteiger partial charge in [0, 0.05) is 31.4 Å². The second-order valence-corrected chi connectivity index (χ2v) is 5.62. The van der Waals surface area contributed by atoms with Gasteiger partial charge in [-0.1, -0.05) is 12.8 Å². The molecule has 0 N–H and O–H groups in total. The van der Waals surface area contributed by atoms with Gasteiger partial charge in [0.25, 0.3) is 0 Å². The molecule has 0 saturated heterocycles. The molecule has 2 rings (SSSR count). The molecule has 0 bridgehead atoms. The number of nitrogens with zero attached hydrogens (tertiary/aromatic N) is 5. The van der Waals surface area contributed by atoms with E-state index in [2.05, 4.69) is 20.2 Å². The summed E-state index contributed by atoms with van der Waals surface area (Å²) in [6.45, 7) is 2.99. The summed E-state index contributed by atoms with van der Waals surface area (Å²) >= 11 is 0. The third-order valence-corrected chi connectivity index (χ3v) is 3.76. The molecule has 0 fully saturated rings. The molecule has 0 aliphatic rings. The van der Waals surface area contributed by atoms with Gasteiger partial charge >= 0.3 is 5.97 Å². The number of esters is 1. The minimum atomic E-state index is -0.123. The quantitative estimate of drug-likeness (QED) is 0.447. The second-order valence-electron chi connectivity index (χ2n) is 5.62. The van der Waals surface area contributed by atoms with E-state index in [1.54, 1.807) is 31.8 Å². The van der Waals surface area contributed by atoms with Crippen molar-refractivity contribution in [3.8, 4) is 5.88 Å². The first kappa shape index (κ1) is 19.6. The summed E-state index contributed by atoms with van der Waals surface area (Å²) in [6, 6.07) is 3.62. The first-order valence-corrected chi connectivity index (χ1v) is 8.81. The van der Waals surface area contributed by atoms with Crippen LogP contribution in [0.1, 0.15) is 39.0 Å². The van der Waals surface area contributed by atoms with Crippen molar-refractivity contribution in [1.29, 1.82) is 0 Å². The summed E-state index contributed by atoms with van der Waals surface area (Å²) in [5.41, 5.74) is 0. The zero-order valence-corrected chi connectivity index (χ0v) is 15.3. The van der Waals surface area contributed by atoms with E-state index < -0.39 is 0 Å². The third-order valence-electron chi connectivity index (χ3n) is 3.76. The zero-order chi connectivity index (χ0) is 18.6. The average Bonchev–Trinajstić information content (AvgIpc) is 2.68. The number of carbonyl (C=O) groups excluding carboxylic acids is 1. The van der Waals surface area contributed by atoms with Crippen LogP contribution in [0.25, 0.3) is 0 Å². The topological polar surface area (TPSA) is 90.3 Å². The lowest BCUT2D eigenvalue weighted by Gasteiger charge is -2.21. The molecule has 0 aliphatic carbocycles. The molecule has 0 saturated carbocycles. The van der Waals surface area contributed by atoms with Crippen LogP contribution in [0.3, 0.4) is 0 Å². The van der Waals surface area contributed by atoms with Gasteiger partial charge in [-0.25, -0.2) is 4.98 Å². The predicted octanol–water partition coefficient (Wildman–Crippen LogP) is 2.93. The standard InChI is InChI=1S/C18H25N5O3/c1-3-26-18(24)8-6-4-5-7-13-23(16-14-19-11-12-20-16)15-9-10-17(25-2)22-21-15/h9-12,14H,3-8,13H2,1-2H3. The van der Waals surface area contributed by atoms with E-state index >= 15 is 0 Å². The molecule has 0 unspecified atom stereocenters. The largest absolute Gasteiger partial charge is 0.480 e. The number of rotatable bonds is 11. The van der Waals surface area contributed by atoms with Crippen LogP contribution in [0.15, 0.2) is 30.7 Å². The van der Waals surface area contributed by atoms with E-state index in [1.165, 1.54) is 0 Å². The first-order valence-electron chi connectivity index (χ1n) is 8.81. The number of anilines is 2. The molecule has 2 aromatic heterocycles. The summed E-state index contributed by atoms with van der Waals surface area (Å²) in [7, 11) is 1.56. The minimum absolute atomic E-state index is 0.123. The fraction of sp³-hybridized carbons (Fsp3) is 0.500. The molecule has 2 heterocycles. The highest BCUT2D eigenvalue weighted by atomic mass is 16.5. The molecule has 0 aliphatic heterocycles. The molecule has 2 aromatic rings. The molecule has 140 valence electrons. The molecule has 0 atom stereocenters. The van der Waals surface area contributed by atoms with E-state index in [0.29, 0.717) is 24.7 Å². The fourth-order valence-electron chi connectivity index (χ4n) is 2.47. The molecule has 0 radical (unpaired) electrons. The van der Waals surface area contributed by atoms with Crippen LogP contribution < -0.4 is 9.64 Å². The van der Waals surface area contributed by atoms with Crippen molar-refractivity contribution in [3.63, 3.8) is 0 Å². The van der Waals surface area contributed by atoms with Gasteiger partial charge in [0.15, 0.2) is 11.6 Å². The lowest BCUT2D eigenvalue weighted by atomic mass is 10.1. The molecule has 0 amide bonds. The Morgan fingerprint density at radius 3 is 2.58 bits per heavy atom. The Kier molecular flexibility index (Phi) is 8.25. The van der Waals surface area contributed by atoms with E-state index in [9.17, 15) is 4.79 Å². The summed E-state index contributed by atoms with van der Waals surface area (Å²) < 4.78 is 9.99. The zero-order valence-electron chi connectivity index (χ0n) is 15.3.